The van der Waals surface area contributed by atoms with Crippen LogP contribution in [-0.2, 0) is 6.54 Å². The lowest BCUT2D eigenvalue weighted by molar-refractivity contribution is 0.508. The molecule has 0 aromatic carbocycles. The zero-order valence-electron chi connectivity index (χ0n) is 11.8. The summed E-state index contributed by atoms with van der Waals surface area (Å²) >= 11 is 0. The van der Waals surface area contributed by atoms with Crippen LogP contribution in [0.1, 0.15) is 20.8 Å². The van der Waals surface area contributed by atoms with Crippen molar-refractivity contribution in [3.8, 4) is 0 Å². The van der Waals surface area contributed by atoms with Gasteiger partial charge in [0.2, 0.25) is 0 Å². The van der Waals surface area contributed by atoms with E-state index in [4.69, 9.17) is 0 Å². The van der Waals surface area contributed by atoms with Gasteiger partial charge in [-0.3, -0.25) is 4.79 Å². The van der Waals surface area contributed by atoms with Crippen LogP contribution in [0.4, 0.5) is 5.82 Å². The third kappa shape index (κ3) is 4.14. The minimum absolute atomic E-state index is 0.00908. The molecule has 1 heterocycles. The van der Waals surface area contributed by atoms with Crippen LogP contribution in [0, 0.1) is 5.92 Å². The molecule has 0 unspecified atom stereocenters. The predicted molar refractivity (Wildman–Crippen MR) is 75.1 cm³/mol. The van der Waals surface area contributed by atoms with E-state index in [-0.39, 0.29) is 5.56 Å². The Morgan fingerprint density at radius 2 is 2.22 bits per heavy atom. The minimum Gasteiger partial charge on any atom is -0.354 e. The van der Waals surface area contributed by atoms with Crippen LogP contribution in [0.5, 0.6) is 0 Å². The van der Waals surface area contributed by atoms with Crippen LogP contribution in [-0.4, -0.2) is 36.2 Å². The third-order valence-electron chi connectivity index (χ3n) is 2.69. The normalized spacial score (nSPS) is 10.9. The van der Waals surface area contributed by atoms with Gasteiger partial charge in [-0.15, -0.1) is 0 Å². The minimum atomic E-state index is -0.00908. The van der Waals surface area contributed by atoms with E-state index in [0.717, 1.165) is 26.2 Å². The van der Waals surface area contributed by atoms with Gasteiger partial charge in [-0.05, 0) is 12.5 Å². The number of anilines is 1. The second-order valence-corrected chi connectivity index (χ2v) is 4.88. The monoisotopic (exact) mass is 252 g/mol. The van der Waals surface area contributed by atoms with Crippen molar-refractivity contribution in [1.82, 2.24) is 14.9 Å². The van der Waals surface area contributed by atoms with E-state index in [0.29, 0.717) is 11.7 Å². The molecular formula is C13H24N4O. The van der Waals surface area contributed by atoms with Crippen molar-refractivity contribution in [2.75, 3.05) is 31.6 Å². The van der Waals surface area contributed by atoms with E-state index >= 15 is 0 Å². The first-order valence-electron chi connectivity index (χ1n) is 6.53. The number of nitrogens with zero attached hydrogens (tertiary/aromatic N) is 3. The standard InChI is InChI=1S/C13H24N4O/c1-5-14-6-8-16(4)12-13(18)17(9-7-15-12)10-11(2)3/h7,9,11,14H,5-6,8,10H2,1-4H3. The molecule has 1 aromatic heterocycles. The van der Waals surface area contributed by atoms with E-state index in [1.54, 1.807) is 17.0 Å². The molecule has 0 spiro atoms. The lowest BCUT2D eigenvalue weighted by atomic mass is 10.2. The fourth-order valence-corrected chi connectivity index (χ4v) is 1.76. The second kappa shape index (κ2) is 7.16. The molecule has 0 aliphatic heterocycles. The van der Waals surface area contributed by atoms with Crippen molar-refractivity contribution < 1.29 is 0 Å². The lowest BCUT2D eigenvalue weighted by Crippen LogP contribution is -2.35. The van der Waals surface area contributed by atoms with Gasteiger partial charge in [0.1, 0.15) is 0 Å². The first-order valence-corrected chi connectivity index (χ1v) is 6.53. The summed E-state index contributed by atoms with van der Waals surface area (Å²) in [7, 11) is 1.90. The molecule has 0 atom stereocenters. The maximum Gasteiger partial charge on any atom is 0.293 e. The maximum atomic E-state index is 12.2. The van der Waals surface area contributed by atoms with Crippen LogP contribution < -0.4 is 15.8 Å². The summed E-state index contributed by atoms with van der Waals surface area (Å²) in [6.07, 6.45) is 3.45. The van der Waals surface area contributed by atoms with E-state index in [2.05, 4.69) is 31.1 Å². The average Bonchev–Trinajstić information content (AvgIpc) is 2.31. The first kappa shape index (κ1) is 14.7. The van der Waals surface area contributed by atoms with Crippen molar-refractivity contribution in [1.29, 1.82) is 0 Å². The van der Waals surface area contributed by atoms with Gasteiger partial charge < -0.3 is 14.8 Å². The number of likely N-dealkylation sites (N-methyl/N-ethyl adjacent to an activating group) is 2. The Kier molecular flexibility index (Phi) is 5.85. The van der Waals surface area contributed by atoms with Gasteiger partial charge in [-0.25, -0.2) is 4.98 Å². The largest absolute Gasteiger partial charge is 0.354 e. The van der Waals surface area contributed by atoms with Gasteiger partial charge in [0.25, 0.3) is 5.56 Å². The molecule has 0 aliphatic rings. The molecule has 5 nitrogen and oxygen atoms in total. The number of hydrogen-bond acceptors (Lipinski definition) is 4. The topological polar surface area (TPSA) is 50.2 Å². The summed E-state index contributed by atoms with van der Waals surface area (Å²) in [5, 5.41) is 3.24. The Morgan fingerprint density at radius 1 is 1.50 bits per heavy atom. The zero-order chi connectivity index (χ0) is 13.5. The third-order valence-corrected chi connectivity index (χ3v) is 2.69. The van der Waals surface area contributed by atoms with Crippen LogP contribution in [0.2, 0.25) is 0 Å². The predicted octanol–water partition coefficient (Wildman–Crippen LogP) is 0.945. The van der Waals surface area contributed by atoms with Crippen LogP contribution >= 0.6 is 0 Å². The summed E-state index contributed by atoms with van der Waals surface area (Å²) in [5.41, 5.74) is -0.00908. The van der Waals surface area contributed by atoms with Crippen molar-refractivity contribution in [2.45, 2.75) is 27.3 Å². The van der Waals surface area contributed by atoms with Gasteiger partial charge in [0.15, 0.2) is 5.82 Å². The van der Waals surface area contributed by atoms with Gasteiger partial charge >= 0.3 is 0 Å². The van der Waals surface area contributed by atoms with Gasteiger partial charge in [-0.2, -0.15) is 0 Å². The molecule has 1 N–H and O–H groups in total. The Bertz CT molecular complexity index is 414. The highest BCUT2D eigenvalue weighted by Gasteiger charge is 2.10. The van der Waals surface area contributed by atoms with Gasteiger partial charge in [-0.1, -0.05) is 20.8 Å². The molecule has 0 saturated carbocycles. The SMILES string of the molecule is CCNCCN(C)c1nccn(CC(C)C)c1=O. The Morgan fingerprint density at radius 3 is 2.83 bits per heavy atom. The Hall–Kier alpha value is -1.36. The van der Waals surface area contributed by atoms with Crippen molar-refractivity contribution >= 4 is 5.82 Å². The lowest BCUT2D eigenvalue weighted by Gasteiger charge is -2.18. The maximum absolute atomic E-state index is 12.2. The van der Waals surface area contributed by atoms with E-state index in [1.165, 1.54) is 0 Å². The molecular weight excluding hydrogens is 228 g/mol. The molecule has 0 aliphatic carbocycles. The molecule has 5 heteroatoms. The summed E-state index contributed by atoms with van der Waals surface area (Å²) in [6.45, 7) is 9.57. The number of hydrogen-bond donors (Lipinski definition) is 1. The molecule has 1 aromatic rings. The highest BCUT2D eigenvalue weighted by atomic mass is 16.1. The fourth-order valence-electron chi connectivity index (χ4n) is 1.76. The molecule has 0 bridgehead atoms. The summed E-state index contributed by atoms with van der Waals surface area (Å²) in [4.78, 5) is 18.3. The van der Waals surface area contributed by atoms with Gasteiger partial charge in [0, 0.05) is 39.1 Å². The second-order valence-electron chi connectivity index (χ2n) is 4.88. The fraction of sp³-hybridized carbons (Fsp3) is 0.692. The number of rotatable bonds is 7. The molecule has 0 amide bonds. The zero-order valence-corrected chi connectivity index (χ0v) is 11.8. The van der Waals surface area contributed by atoms with Crippen molar-refractivity contribution in [2.24, 2.45) is 5.92 Å². The highest BCUT2D eigenvalue weighted by Crippen LogP contribution is 2.02. The van der Waals surface area contributed by atoms with E-state index in [9.17, 15) is 4.79 Å². The Balaban J connectivity index is 2.79. The van der Waals surface area contributed by atoms with E-state index < -0.39 is 0 Å². The number of aromatic nitrogens is 2. The van der Waals surface area contributed by atoms with Crippen LogP contribution in [0.15, 0.2) is 17.2 Å². The quantitative estimate of drug-likeness (QED) is 0.734. The smallest absolute Gasteiger partial charge is 0.293 e. The molecule has 18 heavy (non-hydrogen) atoms. The van der Waals surface area contributed by atoms with Crippen LogP contribution in [0.3, 0.4) is 0 Å². The van der Waals surface area contributed by atoms with Crippen LogP contribution in [0.25, 0.3) is 0 Å². The van der Waals surface area contributed by atoms with Crippen molar-refractivity contribution in [3.05, 3.63) is 22.7 Å². The van der Waals surface area contributed by atoms with Crippen molar-refractivity contribution in [3.63, 3.8) is 0 Å². The first-order chi connectivity index (χ1) is 8.56. The molecule has 0 saturated heterocycles. The average molecular weight is 252 g/mol. The Labute approximate surface area is 109 Å². The summed E-state index contributed by atoms with van der Waals surface area (Å²) < 4.78 is 1.73. The van der Waals surface area contributed by atoms with E-state index in [1.807, 2.05) is 11.9 Å². The summed E-state index contributed by atoms with van der Waals surface area (Å²) in [5.74, 6) is 0.973. The molecule has 102 valence electrons. The highest BCUT2D eigenvalue weighted by molar-refractivity contribution is 5.34. The molecule has 0 fully saturated rings. The number of nitrogens with one attached hydrogen (secondary N) is 1. The molecule has 0 radical (unpaired) electrons. The summed E-state index contributed by atoms with van der Waals surface area (Å²) in [6, 6.07) is 0. The van der Waals surface area contributed by atoms with Gasteiger partial charge in [0.05, 0.1) is 0 Å². The molecule has 1 rings (SSSR count).